The maximum atomic E-state index is 12.0. The second kappa shape index (κ2) is 6.71. The molecule has 0 atom stereocenters. The molecule has 0 spiro atoms. The van der Waals surface area contributed by atoms with Crippen LogP contribution in [0.3, 0.4) is 0 Å². The Bertz CT molecular complexity index is 423. The summed E-state index contributed by atoms with van der Waals surface area (Å²) in [5.41, 5.74) is 2.17. The lowest BCUT2D eigenvalue weighted by Crippen LogP contribution is -2.25. The van der Waals surface area contributed by atoms with E-state index in [2.05, 4.69) is 30.1 Å². The molecule has 104 valence electrons. The summed E-state index contributed by atoms with van der Waals surface area (Å²) in [5, 5.41) is 3.05. The van der Waals surface area contributed by atoms with Crippen molar-refractivity contribution in [2.75, 3.05) is 25.0 Å². The van der Waals surface area contributed by atoms with Crippen molar-refractivity contribution in [1.29, 1.82) is 0 Å². The third-order valence-corrected chi connectivity index (χ3v) is 3.71. The molecule has 1 aliphatic heterocycles. The second-order valence-electron chi connectivity index (χ2n) is 5.59. The van der Waals surface area contributed by atoms with Crippen LogP contribution in [-0.2, 0) is 4.79 Å². The Labute approximate surface area is 116 Å². The van der Waals surface area contributed by atoms with Gasteiger partial charge in [0.2, 0.25) is 5.91 Å². The van der Waals surface area contributed by atoms with Crippen LogP contribution >= 0.6 is 0 Å². The molecule has 1 aromatic rings. The molecule has 0 unspecified atom stereocenters. The van der Waals surface area contributed by atoms with E-state index in [0.717, 1.165) is 25.3 Å². The highest BCUT2D eigenvalue weighted by molar-refractivity contribution is 5.91. The molecule has 0 saturated carbocycles. The molecule has 1 amide bonds. The standard InChI is InChI=1S/C16H24N2O/c1-13(2)14-7-3-4-8-15(14)17-16(19)9-12-18-10-5-6-11-18/h3-4,7-8,13H,5-6,9-12H2,1-2H3,(H,17,19). The predicted octanol–water partition coefficient (Wildman–Crippen LogP) is 3.23. The normalized spacial score (nSPS) is 15.9. The van der Waals surface area contributed by atoms with Gasteiger partial charge < -0.3 is 10.2 Å². The van der Waals surface area contributed by atoms with Crippen LogP contribution in [0.15, 0.2) is 24.3 Å². The maximum absolute atomic E-state index is 12.0. The van der Waals surface area contributed by atoms with Crippen molar-refractivity contribution in [2.45, 2.75) is 39.0 Å². The van der Waals surface area contributed by atoms with E-state index in [9.17, 15) is 4.79 Å². The van der Waals surface area contributed by atoms with Gasteiger partial charge in [0.15, 0.2) is 0 Å². The van der Waals surface area contributed by atoms with E-state index in [0.29, 0.717) is 12.3 Å². The molecule has 1 fully saturated rings. The van der Waals surface area contributed by atoms with Crippen molar-refractivity contribution < 1.29 is 4.79 Å². The first-order valence-electron chi connectivity index (χ1n) is 7.28. The second-order valence-corrected chi connectivity index (χ2v) is 5.59. The van der Waals surface area contributed by atoms with Crippen LogP contribution in [0.25, 0.3) is 0 Å². The fraction of sp³-hybridized carbons (Fsp3) is 0.562. The summed E-state index contributed by atoms with van der Waals surface area (Å²) in [6.07, 6.45) is 3.14. The number of para-hydroxylation sites is 1. The lowest BCUT2D eigenvalue weighted by atomic mass is 10.0. The Morgan fingerprint density at radius 1 is 1.26 bits per heavy atom. The molecule has 1 aliphatic rings. The Balaban J connectivity index is 1.87. The summed E-state index contributed by atoms with van der Waals surface area (Å²) < 4.78 is 0. The largest absolute Gasteiger partial charge is 0.326 e. The number of benzene rings is 1. The number of anilines is 1. The molecule has 1 aromatic carbocycles. The van der Waals surface area contributed by atoms with Crippen LogP contribution in [0.1, 0.15) is 44.6 Å². The molecule has 1 saturated heterocycles. The van der Waals surface area contributed by atoms with Crippen molar-refractivity contribution in [1.82, 2.24) is 4.90 Å². The first-order chi connectivity index (χ1) is 9.16. The summed E-state index contributed by atoms with van der Waals surface area (Å²) in [4.78, 5) is 14.4. The first-order valence-corrected chi connectivity index (χ1v) is 7.28. The fourth-order valence-corrected chi connectivity index (χ4v) is 2.59. The zero-order chi connectivity index (χ0) is 13.7. The summed E-state index contributed by atoms with van der Waals surface area (Å²) in [6.45, 7) is 7.48. The molecular weight excluding hydrogens is 236 g/mol. The highest BCUT2D eigenvalue weighted by Gasteiger charge is 2.14. The molecule has 0 bridgehead atoms. The monoisotopic (exact) mass is 260 g/mol. The lowest BCUT2D eigenvalue weighted by molar-refractivity contribution is -0.116. The van der Waals surface area contributed by atoms with Gasteiger partial charge in [-0.15, -0.1) is 0 Å². The quantitative estimate of drug-likeness (QED) is 0.881. The minimum atomic E-state index is 0.125. The Morgan fingerprint density at radius 2 is 1.95 bits per heavy atom. The number of hydrogen-bond acceptors (Lipinski definition) is 2. The number of likely N-dealkylation sites (tertiary alicyclic amines) is 1. The molecule has 0 aliphatic carbocycles. The number of carbonyl (C=O) groups excluding carboxylic acids is 1. The van der Waals surface area contributed by atoms with E-state index >= 15 is 0 Å². The summed E-state index contributed by atoms with van der Waals surface area (Å²) in [5.74, 6) is 0.551. The SMILES string of the molecule is CC(C)c1ccccc1NC(=O)CCN1CCCC1. The van der Waals surface area contributed by atoms with Gasteiger partial charge in [0.05, 0.1) is 0 Å². The van der Waals surface area contributed by atoms with Crippen molar-refractivity contribution >= 4 is 11.6 Å². The van der Waals surface area contributed by atoms with Crippen LogP contribution in [0.4, 0.5) is 5.69 Å². The van der Waals surface area contributed by atoms with E-state index < -0.39 is 0 Å². The Hall–Kier alpha value is -1.35. The van der Waals surface area contributed by atoms with Gasteiger partial charge >= 0.3 is 0 Å². The van der Waals surface area contributed by atoms with Crippen LogP contribution in [0.5, 0.6) is 0 Å². The van der Waals surface area contributed by atoms with E-state index in [1.54, 1.807) is 0 Å². The molecule has 3 nitrogen and oxygen atoms in total. The smallest absolute Gasteiger partial charge is 0.225 e. The van der Waals surface area contributed by atoms with Crippen LogP contribution in [0, 0.1) is 0 Å². The minimum Gasteiger partial charge on any atom is -0.326 e. The topological polar surface area (TPSA) is 32.3 Å². The molecular formula is C16H24N2O. The number of amides is 1. The molecule has 0 radical (unpaired) electrons. The predicted molar refractivity (Wildman–Crippen MR) is 79.5 cm³/mol. The Morgan fingerprint density at radius 3 is 2.63 bits per heavy atom. The summed E-state index contributed by atoms with van der Waals surface area (Å²) in [6, 6.07) is 8.07. The minimum absolute atomic E-state index is 0.125. The van der Waals surface area contributed by atoms with E-state index in [1.165, 1.54) is 18.4 Å². The molecule has 19 heavy (non-hydrogen) atoms. The number of rotatable bonds is 5. The fourth-order valence-electron chi connectivity index (χ4n) is 2.59. The van der Waals surface area contributed by atoms with Gasteiger partial charge in [0.25, 0.3) is 0 Å². The van der Waals surface area contributed by atoms with Gasteiger partial charge in [0.1, 0.15) is 0 Å². The van der Waals surface area contributed by atoms with Crippen LogP contribution in [0.2, 0.25) is 0 Å². The number of nitrogens with one attached hydrogen (secondary N) is 1. The van der Waals surface area contributed by atoms with Crippen LogP contribution in [-0.4, -0.2) is 30.4 Å². The van der Waals surface area contributed by atoms with Crippen molar-refractivity contribution in [2.24, 2.45) is 0 Å². The summed E-state index contributed by atoms with van der Waals surface area (Å²) >= 11 is 0. The number of hydrogen-bond donors (Lipinski definition) is 1. The molecule has 0 aromatic heterocycles. The van der Waals surface area contributed by atoms with Crippen molar-refractivity contribution in [3.63, 3.8) is 0 Å². The molecule has 2 rings (SSSR count). The van der Waals surface area contributed by atoms with Gasteiger partial charge in [-0.25, -0.2) is 0 Å². The molecule has 1 heterocycles. The first kappa shape index (κ1) is 14.1. The highest BCUT2D eigenvalue weighted by atomic mass is 16.1. The summed E-state index contributed by atoms with van der Waals surface area (Å²) in [7, 11) is 0. The third-order valence-electron chi connectivity index (χ3n) is 3.71. The van der Waals surface area contributed by atoms with Crippen molar-refractivity contribution in [3.05, 3.63) is 29.8 Å². The van der Waals surface area contributed by atoms with Gasteiger partial charge in [-0.2, -0.15) is 0 Å². The molecule has 1 N–H and O–H groups in total. The van der Waals surface area contributed by atoms with E-state index in [4.69, 9.17) is 0 Å². The van der Waals surface area contributed by atoms with Gasteiger partial charge in [-0.05, 0) is 43.5 Å². The van der Waals surface area contributed by atoms with E-state index in [-0.39, 0.29) is 5.91 Å². The number of carbonyl (C=O) groups is 1. The number of nitrogens with zero attached hydrogens (tertiary/aromatic N) is 1. The van der Waals surface area contributed by atoms with Gasteiger partial charge in [-0.3, -0.25) is 4.79 Å². The van der Waals surface area contributed by atoms with Gasteiger partial charge in [-0.1, -0.05) is 32.0 Å². The zero-order valence-electron chi connectivity index (χ0n) is 12.0. The average Bonchev–Trinajstić information content (AvgIpc) is 2.90. The molecule has 3 heteroatoms. The van der Waals surface area contributed by atoms with E-state index in [1.807, 2.05) is 18.2 Å². The van der Waals surface area contributed by atoms with Gasteiger partial charge in [0, 0.05) is 18.7 Å². The van der Waals surface area contributed by atoms with Crippen LogP contribution < -0.4 is 5.32 Å². The Kier molecular flexibility index (Phi) is 4.97. The zero-order valence-corrected chi connectivity index (χ0v) is 12.0. The maximum Gasteiger partial charge on any atom is 0.225 e. The lowest BCUT2D eigenvalue weighted by Gasteiger charge is -2.16. The average molecular weight is 260 g/mol. The highest BCUT2D eigenvalue weighted by Crippen LogP contribution is 2.23. The van der Waals surface area contributed by atoms with Crippen molar-refractivity contribution in [3.8, 4) is 0 Å². The third kappa shape index (κ3) is 4.06.